The van der Waals surface area contributed by atoms with Gasteiger partial charge in [0.05, 0.1) is 29.6 Å². The number of nitrogens with zero attached hydrogens (tertiary/aromatic N) is 2. The minimum atomic E-state index is -0.293. The molecule has 7 heteroatoms. The zero-order chi connectivity index (χ0) is 26.4. The summed E-state index contributed by atoms with van der Waals surface area (Å²) in [6.45, 7) is 6.13. The van der Waals surface area contributed by atoms with Crippen LogP contribution in [0.2, 0.25) is 0 Å². The van der Waals surface area contributed by atoms with Crippen molar-refractivity contribution in [3.8, 4) is 28.4 Å². The molecule has 0 aliphatic carbocycles. The second-order valence-electron chi connectivity index (χ2n) is 8.68. The normalized spacial score (nSPS) is 11.9. The minimum absolute atomic E-state index is 0.0572. The van der Waals surface area contributed by atoms with E-state index in [1.54, 1.807) is 25.5 Å². The molecule has 190 valence electrons. The first-order valence-electron chi connectivity index (χ1n) is 12.1. The number of hydrogen-bond acceptors (Lipinski definition) is 4. The number of methoxy groups -OCH3 is 1. The van der Waals surface area contributed by atoms with Crippen LogP contribution in [0.5, 0.6) is 11.5 Å². The number of nitrogens with one attached hydrogen (secondary N) is 1. The molecular formula is C30H30BrN3O3. The molecule has 6 nitrogen and oxygen atoms in total. The zero-order valence-electron chi connectivity index (χ0n) is 21.4. The summed E-state index contributed by atoms with van der Waals surface area (Å²) in [5.41, 5.74) is 8.20. The highest BCUT2D eigenvalue weighted by molar-refractivity contribution is 9.10. The second kappa shape index (κ2) is 11.9. The van der Waals surface area contributed by atoms with E-state index in [1.807, 2.05) is 49.4 Å². The van der Waals surface area contributed by atoms with Crippen LogP contribution in [-0.2, 0) is 0 Å². The summed E-state index contributed by atoms with van der Waals surface area (Å²) in [6, 6.07) is 25.6. The number of aryl methyl sites for hydroxylation is 1. The van der Waals surface area contributed by atoms with Crippen molar-refractivity contribution in [2.24, 2.45) is 5.10 Å². The standard InChI is InChI=1S/C30H30BrN3O3/c1-5-21(3)37-29-26(31)17-22(18-28(29)36-4)19-32-33-30(35)24-12-14-25(15-13-24)34-20(2)11-16-27(34)23-9-7-6-8-10-23/h6-19,21H,5H2,1-4H3,(H,33,35)/b32-19+/t21-/m0/s1. The predicted octanol–water partition coefficient (Wildman–Crippen LogP) is 7.17. The quantitative estimate of drug-likeness (QED) is 0.175. The second-order valence-corrected chi connectivity index (χ2v) is 9.53. The van der Waals surface area contributed by atoms with Crippen LogP contribution in [0.25, 0.3) is 16.9 Å². The van der Waals surface area contributed by atoms with Gasteiger partial charge in [-0.25, -0.2) is 5.43 Å². The lowest BCUT2D eigenvalue weighted by Gasteiger charge is -2.17. The number of benzene rings is 3. The molecule has 4 rings (SSSR count). The summed E-state index contributed by atoms with van der Waals surface area (Å²) < 4.78 is 14.4. The van der Waals surface area contributed by atoms with Crippen molar-refractivity contribution < 1.29 is 14.3 Å². The number of halogens is 1. The number of aromatic nitrogens is 1. The van der Waals surface area contributed by atoms with Gasteiger partial charge in [0.15, 0.2) is 11.5 Å². The maximum atomic E-state index is 12.7. The Labute approximate surface area is 226 Å². The molecule has 0 aliphatic rings. The van der Waals surface area contributed by atoms with Crippen molar-refractivity contribution in [3.05, 3.63) is 100 Å². The molecule has 0 aliphatic heterocycles. The number of amides is 1. The highest BCUT2D eigenvalue weighted by Gasteiger charge is 2.14. The lowest BCUT2D eigenvalue weighted by molar-refractivity contribution is 0.0955. The Hall–Kier alpha value is -3.84. The van der Waals surface area contributed by atoms with Crippen LogP contribution in [0.1, 0.15) is 41.9 Å². The highest BCUT2D eigenvalue weighted by atomic mass is 79.9. The van der Waals surface area contributed by atoms with Gasteiger partial charge in [0.25, 0.3) is 5.91 Å². The molecular weight excluding hydrogens is 530 g/mol. The first-order chi connectivity index (χ1) is 17.9. The SMILES string of the molecule is CC[C@H](C)Oc1c(Br)cc(/C=N/NC(=O)c2ccc(-n3c(C)ccc3-c3ccccc3)cc2)cc1OC. The van der Waals surface area contributed by atoms with Gasteiger partial charge < -0.3 is 14.0 Å². The van der Waals surface area contributed by atoms with Gasteiger partial charge in [0, 0.05) is 16.9 Å². The van der Waals surface area contributed by atoms with Crippen molar-refractivity contribution in [2.75, 3.05) is 7.11 Å². The smallest absolute Gasteiger partial charge is 0.271 e. The topological polar surface area (TPSA) is 64.8 Å². The third kappa shape index (κ3) is 6.12. The lowest BCUT2D eigenvalue weighted by Crippen LogP contribution is -2.17. The number of hydrogen-bond donors (Lipinski definition) is 1. The van der Waals surface area contributed by atoms with E-state index in [4.69, 9.17) is 9.47 Å². The van der Waals surface area contributed by atoms with Crippen LogP contribution in [0.3, 0.4) is 0 Å². The fraction of sp³-hybridized carbons (Fsp3) is 0.200. The highest BCUT2D eigenvalue weighted by Crippen LogP contribution is 2.37. The molecule has 0 radical (unpaired) electrons. The number of ether oxygens (including phenoxy) is 2. The lowest BCUT2D eigenvalue weighted by atomic mass is 10.1. The molecule has 4 aromatic rings. The third-order valence-corrected chi connectivity index (χ3v) is 6.65. The molecule has 1 aromatic heterocycles. The largest absolute Gasteiger partial charge is 0.493 e. The molecule has 3 aromatic carbocycles. The summed E-state index contributed by atoms with van der Waals surface area (Å²) in [5, 5.41) is 4.13. The van der Waals surface area contributed by atoms with Crippen LogP contribution in [0, 0.1) is 6.92 Å². The fourth-order valence-electron chi connectivity index (χ4n) is 3.92. The first kappa shape index (κ1) is 26.2. The van der Waals surface area contributed by atoms with Crippen molar-refractivity contribution in [2.45, 2.75) is 33.3 Å². The summed E-state index contributed by atoms with van der Waals surface area (Å²) >= 11 is 3.55. The van der Waals surface area contributed by atoms with E-state index in [0.29, 0.717) is 17.1 Å². The Morgan fingerprint density at radius 1 is 1.08 bits per heavy atom. The molecule has 0 unspecified atom stereocenters. The first-order valence-corrected chi connectivity index (χ1v) is 12.9. The van der Waals surface area contributed by atoms with E-state index in [2.05, 4.69) is 69.1 Å². The fourth-order valence-corrected chi connectivity index (χ4v) is 4.47. The summed E-state index contributed by atoms with van der Waals surface area (Å²) in [5.74, 6) is 0.942. The maximum Gasteiger partial charge on any atom is 0.271 e. The average molecular weight is 560 g/mol. The van der Waals surface area contributed by atoms with Gasteiger partial charge in [-0.3, -0.25) is 4.79 Å². The molecule has 37 heavy (non-hydrogen) atoms. The van der Waals surface area contributed by atoms with Crippen LogP contribution < -0.4 is 14.9 Å². The molecule has 1 N–H and O–H groups in total. The van der Waals surface area contributed by atoms with E-state index in [0.717, 1.165) is 39.1 Å². The summed E-state index contributed by atoms with van der Waals surface area (Å²) in [6.07, 6.45) is 2.51. The third-order valence-electron chi connectivity index (χ3n) is 6.06. The number of carbonyl (C=O) groups is 1. The Morgan fingerprint density at radius 3 is 2.49 bits per heavy atom. The van der Waals surface area contributed by atoms with Gasteiger partial charge in [-0.15, -0.1) is 0 Å². The monoisotopic (exact) mass is 559 g/mol. The predicted molar refractivity (Wildman–Crippen MR) is 152 cm³/mol. The van der Waals surface area contributed by atoms with Crippen molar-refractivity contribution in [3.63, 3.8) is 0 Å². The molecule has 0 spiro atoms. The van der Waals surface area contributed by atoms with E-state index in [1.165, 1.54) is 0 Å². The molecule has 0 bridgehead atoms. The van der Waals surface area contributed by atoms with Crippen LogP contribution in [0.4, 0.5) is 0 Å². The maximum absolute atomic E-state index is 12.7. The summed E-state index contributed by atoms with van der Waals surface area (Å²) in [4.78, 5) is 12.7. The Balaban J connectivity index is 1.47. The Morgan fingerprint density at radius 2 is 1.81 bits per heavy atom. The molecule has 1 heterocycles. The molecule has 0 saturated carbocycles. The molecule has 1 amide bonds. The molecule has 1 atom stereocenters. The van der Waals surface area contributed by atoms with Crippen LogP contribution in [0.15, 0.2) is 88.4 Å². The van der Waals surface area contributed by atoms with Crippen molar-refractivity contribution >= 4 is 28.1 Å². The Kier molecular flexibility index (Phi) is 8.46. The van der Waals surface area contributed by atoms with Gasteiger partial charge in [0.2, 0.25) is 0 Å². The number of carbonyl (C=O) groups excluding carboxylic acids is 1. The summed E-state index contributed by atoms with van der Waals surface area (Å²) in [7, 11) is 1.59. The van der Waals surface area contributed by atoms with Crippen LogP contribution >= 0.6 is 15.9 Å². The van der Waals surface area contributed by atoms with E-state index in [9.17, 15) is 4.79 Å². The minimum Gasteiger partial charge on any atom is -0.493 e. The van der Waals surface area contributed by atoms with Crippen molar-refractivity contribution in [1.82, 2.24) is 9.99 Å². The average Bonchev–Trinajstić information content (AvgIpc) is 3.31. The van der Waals surface area contributed by atoms with E-state index < -0.39 is 0 Å². The van der Waals surface area contributed by atoms with Crippen molar-refractivity contribution in [1.29, 1.82) is 0 Å². The van der Waals surface area contributed by atoms with Gasteiger partial charge in [0.1, 0.15) is 0 Å². The van der Waals surface area contributed by atoms with Gasteiger partial charge in [-0.2, -0.15) is 5.10 Å². The van der Waals surface area contributed by atoms with Crippen LogP contribution in [-0.4, -0.2) is 29.9 Å². The van der Waals surface area contributed by atoms with Gasteiger partial charge in [-0.1, -0.05) is 37.3 Å². The molecule has 0 fully saturated rings. The Bertz CT molecular complexity index is 1400. The van der Waals surface area contributed by atoms with E-state index in [-0.39, 0.29) is 12.0 Å². The van der Waals surface area contributed by atoms with E-state index >= 15 is 0 Å². The molecule has 0 saturated heterocycles. The van der Waals surface area contributed by atoms with Gasteiger partial charge >= 0.3 is 0 Å². The van der Waals surface area contributed by atoms with Gasteiger partial charge in [-0.05, 0) is 95.9 Å². The number of hydrazone groups is 1. The zero-order valence-corrected chi connectivity index (χ0v) is 23.0. The number of rotatable bonds is 9.